The third-order valence-corrected chi connectivity index (χ3v) is 4.00. The highest BCUT2D eigenvalue weighted by molar-refractivity contribution is 6.30. The number of aliphatic hydroxyl groups excluding tert-OH is 1. The van der Waals surface area contributed by atoms with E-state index in [-0.39, 0.29) is 6.61 Å². The Kier molecular flexibility index (Phi) is 5.10. The van der Waals surface area contributed by atoms with Crippen LogP contribution in [0.2, 0.25) is 5.02 Å². The standard InChI is InChI=1S/C17H20ClNO2/c1-3-17(12-20,13-4-6-14(18)7-5-13)19-15-8-10-16(21-2)11-9-15/h4-11,19-20H,3,12H2,1-2H3. The molecule has 0 fully saturated rings. The second kappa shape index (κ2) is 6.83. The minimum Gasteiger partial charge on any atom is -0.497 e. The van der Waals surface area contributed by atoms with Gasteiger partial charge in [-0.15, -0.1) is 0 Å². The van der Waals surface area contributed by atoms with Gasteiger partial charge in [0.25, 0.3) is 0 Å². The van der Waals surface area contributed by atoms with E-state index >= 15 is 0 Å². The van der Waals surface area contributed by atoms with Crippen LogP contribution in [-0.4, -0.2) is 18.8 Å². The van der Waals surface area contributed by atoms with Gasteiger partial charge >= 0.3 is 0 Å². The zero-order chi connectivity index (χ0) is 15.3. The van der Waals surface area contributed by atoms with Crippen LogP contribution in [0, 0.1) is 0 Å². The van der Waals surface area contributed by atoms with Gasteiger partial charge in [-0.1, -0.05) is 30.7 Å². The summed E-state index contributed by atoms with van der Waals surface area (Å²) in [5, 5.41) is 14.1. The summed E-state index contributed by atoms with van der Waals surface area (Å²) in [5.41, 5.74) is 1.41. The molecule has 4 heteroatoms. The number of nitrogens with one attached hydrogen (secondary N) is 1. The Morgan fingerprint density at radius 3 is 2.19 bits per heavy atom. The SMILES string of the molecule is CCC(CO)(Nc1ccc(OC)cc1)c1ccc(Cl)cc1. The van der Waals surface area contributed by atoms with E-state index in [0.29, 0.717) is 5.02 Å². The van der Waals surface area contributed by atoms with E-state index in [4.69, 9.17) is 16.3 Å². The molecule has 0 heterocycles. The van der Waals surface area contributed by atoms with Gasteiger partial charge in [0.2, 0.25) is 0 Å². The molecule has 2 aromatic carbocycles. The number of ether oxygens (including phenoxy) is 1. The number of hydrogen-bond acceptors (Lipinski definition) is 3. The minimum atomic E-state index is -0.529. The molecule has 0 aliphatic rings. The highest BCUT2D eigenvalue weighted by Crippen LogP contribution is 2.31. The van der Waals surface area contributed by atoms with Crippen LogP contribution in [0.1, 0.15) is 18.9 Å². The smallest absolute Gasteiger partial charge is 0.119 e. The molecule has 2 rings (SSSR count). The molecule has 1 unspecified atom stereocenters. The van der Waals surface area contributed by atoms with Crippen LogP contribution in [0.15, 0.2) is 48.5 Å². The van der Waals surface area contributed by atoms with E-state index in [9.17, 15) is 5.11 Å². The number of anilines is 1. The maximum absolute atomic E-state index is 9.94. The number of hydrogen-bond donors (Lipinski definition) is 2. The van der Waals surface area contributed by atoms with Crippen molar-refractivity contribution in [2.75, 3.05) is 19.0 Å². The summed E-state index contributed by atoms with van der Waals surface area (Å²) in [5.74, 6) is 0.804. The molecule has 0 saturated heterocycles. The first-order valence-corrected chi connectivity index (χ1v) is 7.30. The fourth-order valence-electron chi connectivity index (χ4n) is 2.33. The van der Waals surface area contributed by atoms with E-state index in [2.05, 4.69) is 5.32 Å². The van der Waals surface area contributed by atoms with E-state index in [1.54, 1.807) is 7.11 Å². The second-order valence-electron chi connectivity index (χ2n) is 4.95. The molecule has 2 N–H and O–H groups in total. The summed E-state index contributed by atoms with van der Waals surface area (Å²) in [6.07, 6.45) is 0.747. The molecule has 112 valence electrons. The Balaban J connectivity index is 2.30. The summed E-state index contributed by atoms with van der Waals surface area (Å²) < 4.78 is 5.16. The summed E-state index contributed by atoms with van der Waals surface area (Å²) in [6.45, 7) is 2.04. The lowest BCUT2D eigenvalue weighted by Crippen LogP contribution is -2.38. The third-order valence-electron chi connectivity index (χ3n) is 3.74. The van der Waals surface area contributed by atoms with E-state index < -0.39 is 5.54 Å². The molecule has 0 saturated carbocycles. The zero-order valence-electron chi connectivity index (χ0n) is 12.3. The van der Waals surface area contributed by atoms with Crippen molar-refractivity contribution in [3.05, 3.63) is 59.1 Å². The summed E-state index contributed by atoms with van der Waals surface area (Å²) >= 11 is 5.94. The monoisotopic (exact) mass is 305 g/mol. The molecular formula is C17H20ClNO2. The van der Waals surface area contributed by atoms with E-state index in [1.807, 2.05) is 55.5 Å². The molecule has 0 aliphatic heterocycles. The first kappa shape index (κ1) is 15.7. The van der Waals surface area contributed by atoms with Crippen LogP contribution in [0.25, 0.3) is 0 Å². The van der Waals surface area contributed by atoms with Gasteiger partial charge < -0.3 is 15.2 Å². The number of methoxy groups -OCH3 is 1. The lowest BCUT2D eigenvalue weighted by molar-refractivity contribution is 0.207. The largest absolute Gasteiger partial charge is 0.497 e. The van der Waals surface area contributed by atoms with E-state index in [1.165, 1.54) is 0 Å². The van der Waals surface area contributed by atoms with Crippen molar-refractivity contribution in [1.29, 1.82) is 0 Å². The molecule has 2 aromatic rings. The van der Waals surface area contributed by atoms with Crippen molar-refractivity contribution in [3.8, 4) is 5.75 Å². The van der Waals surface area contributed by atoms with Crippen molar-refractivity contribution in [2.24, 2.45) is 0 Å². The van der Waals surface area contributed by atoms with Gasteiger partial charge in [0.05, 0.1) is 19.3 Å². The normalized spacial score (nSPS) is 13.5. The molecule has 0 aromatic heterocycles. The Labute approximate surface area is 130 Å². The van der Waals surface area contributed by atoms with Gasteiger partial charge in [0, 0.05) is 10.7 Å². The summed E-state index contributed by atoms with van der Waals surface area (Å²) in [6, 6.07) is 15.2. The third kappa shape index (κ3) is 3.49. The van der Waals surface area contributed by atoms with Crippen LogP contribution in [-0.2, 0) is 5.54 Å². The van der Waals surface area contributed by atoms with Gasteiger partial charge in [0.1, 0.15) is 5.75 Å². The minimum absolute atomic E-state index is 0.00282. The van der Waals surface area contributed by atoms with Gasteiger partial charge in [-0.2, -0.15) is 0 Å². The zero-order valence-corrected chi connectivity index (χ0v) is 13.0. The Morgan fingerprint density at radius 1 is 1.10 bits per heavy atom. The topological polar surface area (TPSA) is 41.5 Å². The predicted molar refractivity (Wildman–Crippen MR) is 87.1 cm³/mol. The van der Waals surface area contributed by atoms with Crippen molar-refractivity contribution < 1.29 is 9.84 Å². The fraction of sp³-hybridized carbons (Fsp3) is 0.294. The molecule has 0 spiro atoms. The van der Waals surface area contributed by atoms with E-state index in [0.717, 1.165) is 23.4 Å². The van der Waals surface area contributed by atoms with Crippen LogP contribution in [0.4, 0.5) is 5.69 Å². The average molecular weight is 306 g/mol. The van der Waals surface area contributed by atoms with Crippen molar-refractivity contribution >= 4 is 17.3 Å². The Bertz CT molecular complexity index is 562. The maximum Gasteiger partial charge on any atom is 0.119 e. The molecule has 21 heavy (non-hydrogen) atoms. The van der Waals surface area contributed by atoms with Crippen molar-refractivity contribution in [3.63, 3.8) is 0 Å². The predicted octanol–water partition coefficient (Wildman–Crippen LogP) is 4.06. The molecule has 0 bridgehead atoms. The number of aliphatic hydroxyl groups is 1. The number of benzene rings is 2. The molecule has 3 nitrogen and oxygen atoms in total. The average Bonchev–Trinajstić information content (AvgIpc) is 2.54. The van der Waals surface area contributed by atoms with Gasteiger partial charge in [-0.25, -0.2) is 0 Å². The number of rotatable bonds is 6. The van der Waals surface area contributed by atoms with Crippen LogP contribution < -0.4 is 10.1 Å². The van der Waals surface area contributed by atoms with Gasteiger partial charge in [-0.3, -0.25) is 0 Å². The summed E-state index contributed by atoms with van der Waals surface area (Å²) in [7, 11) is 1.64. The molecule has 0 radical (unpaired) electrons. The molecular weight excluding hydrogens is 286 g/mol. The fourth-order valence-corrected chi connectivity index (χ4v) is 2.45. The quantitative estimate of drug-likeness (QED) is 0.845. The molecule has 0 amide bonds. The first-order chi connectivity index (χ1) is 10.1. The second-order valence-corrected chi connectivity index (χ2v) is 5.39. The summed E-state index contributed by atoms with van der Waals surface area (Å²) in [4.78, 5) is 0. The Hall–Kier alpha value is -1.71. The highest BCUT2D eigenvalue weighted by Gasteiger charge is 2.29. The number of halogens is 1. The van der Waals surface area contributed by atoms with Gasteiger partial charge in [-0.05, 0) is 48.4 Å². The van der Waals surface area contributed by atoms with Crippen molar-refractivity contribution in [2.45, 2.75) is 18.9 Å². The molecule has 1 atom stereocenters. The molecule has 0 aliphatic carbocycles. The van der Waals surface area contributed by atoms with Crippen LogP contribution >= 0.6 is 11.6 Å². The van der Waals surface area contributed by atoms with Crippen LogP contribution in [0.3, 0.4) is 0 Å². The Morgan fingerprint density at radius 2 is 1.71 bits per heavy atom. The highest BCUT2D eigenvalue weighted by atomic mass is 35.5. The first-order valence-electron chi connectivity index (χ1n) is 6.92. The van der Waals surface area contributed by atoms with Gasteiger partial charge in [0.15, 0.2) is 0 Å². The lowest BCUT2D eigenvalue weighted by Gasteiger charge is -2.34. The lowest BCUT2D eigenvalue weighted by atomic mass is 9.87. The maximum atomic E-state index is 9.94. The van der Waals surface area contributed by atoms with Crippen molar-refractivity contribution in [1.82, 2.24) is 0 Å². The van der Waals surface area contributed by atoms with Crippen LogP contribution in [0.5, 0.6) is 5.75 Å².